The van der Waals surface area contributed by atoms with Crippen molar-refractivity contribution in [2.75, 3.05) is 47.9 Å². The second kappa shape index (κ2) is 8.80. The fourth-order valence-electron chi connectivity index (χ4n) is 2.40. The van der Waals surface area contributed by atoms with Crippen LogP contribution in [0, 0.1) is 0 Å². The number of carbonyl (C=O) groups is 1. The standard InChI is InChI=1S/C18H24N4O5S2/c1-20(2)29(26,27)22(16-10-6-5-7-11-16)14-18(23)19-15-9-8-12-17(13-15)21(3)28(4,24)25/h5-13H,14H2,1-4H3,(H,19,23). The van der Waals surface area contributed by atoms with E-state index in [1.807, 2.05) is 0 Å². The third-order valence-corrected chi connectivity index (χ3v) is 7.09. The van der Waals surface area contributed by atoms with Crippen LogP contribution < -0.4 is 13.9 Å². The first-order chi connectivity index (χ1) is 13.4. The average molecular weight is 441 g/mol. The molecule has 0 fully saturated rings. The molecule has 0 aromatic heterocycles. The predicted octanol–water partition coefficient (Wildman–Crippen LogP) is 1.33. The summed E-state index contributed by atoms with van der Waals surface area (Å²) in [5, 5.41) is 2.61. The number of hydrogen-bond donors (Lipinski definition) is 1. The fourth-order valence-corrected chi connectivity index (χ4v) is 3.96. The van der Waals surface area contributed by atoms with Crippen molar-refractivity contribution in [2.45, 2.75) is 0 Å². The van der Waals surface area contributed by atoms with Crippen LogP contribution in [-0.4, -0.2) is 61.0 Å². The Kier molecular flexibility index (Phi) is 6.88. The molecule has 0 saturated carbocycles. The number of hydrogen-bond acceptors (Lipinski definition) is 5. The molecule has 0 aliphatic rings. The van der Waals surface area contributed by atoms with Crippen LogP contribution in [0.25, 0.3) is 0 Å². The van der Waals surface area contributed by atoms with Crippen molar-refractivity contribution in [3.63, 3.8) is 0 Å². The number of nitrogens with one attached hydrogen (secondary N) is 1. The van der Waals surface area contributed by atoms with Crippen LogP contribution in [0.5, 0.6) is 0 Å². The van der Waals surface area contributed by atoms with Crippen molar-refractivity contribution in [3.8, 4) is 0 Å². The Bertz CT molecular complexity index is 1070. The van der Waals surface area contributed by atoms with Gasteiger partial charge in [0.1, 0.15) is 6.54 Å². The lowest BCUT2D eigenvalue weighted by Crippen LogP contribution is -2.44. The van der Waals surface area contributed by atoms with Crippen molar-refractivity contribution in [2.24, 2.45) is 0 Å². The van der Waals surface area contributed by atoms with E-state index in [9.17, 15) is 21.6 Å². The summed E-state index contributed by atoms with van der Waals surface area (Å²) in [6.45, 7) is -0.448. The molecule has 1 amide bonds. The molecule has 0 saturated heterocycles. The summed E-state index contributed by atoms with van der Waals surface area (Å²) < 4.78 is 51.8. The molecule has 0 unspecified atom stereocenters. The van der Waals surface area contributed by atoms with E-state index >= 15 is 0 Å². The van der Waals surface area contributed by atoms with E-state index in [1.54, 1.807) is 48.5 Å². The number of carbonyl (C=O) groups excluding carboxylic acids is 1. The Morgan fingerprint density at radius 1 is 0.897 bits per heavy atom. The Labute approximate surface area is 171 Å². The molecule has 2 aromatic carbocycles. The number of sulfonamides is 1. The van der Waals surface area contributed by atoms with E-state index < -0.39 is 32.7 Å². The van der Waals surface area contributed by atoms with Gasteiger partial charge in [0.2, 0.25) is 15.9 Å². The smallest absolute Gasteiger partial charge is 0.304 e. The number of anilines is 3. The highest BCUT2D eigenvalue weighted by Crippen LogP contribution is 2.22. The quantitative estimate of drug-likeness (QED) is 0.667. The molecule has 0 radical (unpaired) electrons. The summed E-state index contributed by atoms with van der Waals surface area (Å²) in [4.78, 5) is 12.6. The molecule has 0 spiro atoms. The maximum atomic E-state index is 12.7. The number of benzene rings is 2. The van der Waals surface area contributed by atoms with Gasteiger partial charge in [0, 0.05) is 26.8 Å². The monoisotopic (exact) mass is 440 g/mol. The van der Waals surface area contributed by atoms with Gasteiger partial charge in [0.25, 0.3) is 0 Å². The van der Waals surface area contributed by atoms with Crippen molar-refractivity contribution in [1.29, 1.82) is 0 Å². The zero-order valence-corrected chi connectivity index (χ0v) is 18.2. The lowest BCUT2D eigenvalue weighted by atomic mass is 10.2. The first-order valence-corrected chi connectivity index (χ1v) is 11.8. The van der Waals surface area contributed by atoms with Gasteiger partial charge in [-0.05, 0) is 30.3 Å². The SMILES string of the molecule is CN(c1cccc(NC(=O)CN(c2ccccc2)S(=O)(=O)N(C)C)c1)S(C)(=O)=O. The van der Waals surface area contributed by atoms with E-state index in [4.69, 9.17) is 0 Å². The predicted molar refractivity (Wildman–Crippen MR) is 115 cm³/mol. The van der Waals surface area contributed by atoms with Crippen LogP contribution in [0.3, 0.4) is 0 Å². The van der Waals surface area contributed by atoms with Crippen LogP contribution >= 0.6 is 0 Å². The van der Waals surface area contributed by atoms with Gasteiger partial charge in [-0.15, -0.1) is 0 Å². The molecule has 0 atom stereocenters. The van der Waals surface area contributed by atoms with Gasteiger partial charge in [-0.1, -0.05) is 24.3 Å². The fraction of sp³-hybridized carbons (Fsp3) is 0.278. The maximum absolute atomic E-state index is 12.7. The summed E-state index contributed by atoms with van der Waals surface area (Å²) in [6, 6.07) is 14.5. The minimum Gasteiger partial charge on any atom is -0.324 e. The first kappa shape index (κ1) is 22.7. The van der Waals surface area contributed by atoms with Crippen molar-refractivity contribution in [3.05, 3.63) is 54.6 Å². The normalized spacial score (nSPS) is 11.9. The molecule has 9 nitrogen and oxygen atoms in total. The number of nitrogens with zero attached hydrogens (tertiary/aromatic N) is 3. The van der Waals surface area contributed by atoms with Crippen molar-refractivity contribution < 1.29 is 21.6 Å². The largest absolute Gasteiger partial charge is 0.324 e. The molecule has 29 heavy (non-hydrogen) atoms. The van der Waals surface area contributed by atoms with Gasteiger partial charge in [-0.3, -0.25) is 9.10 Å². The van der Waals surface area contributed by atoms with E-state index in [-0.39, 0.29) is 0 Å². The van der Waals surface area contributed by atoms with Crippen LogP contribution in [-0.2, 0) is 25.0 Å². The highest BCUT2D eigenvalue weighted by Gasteiger charge is 2.27. The molecule has 11 heteroatoms. The molecule has 158 valence electrons. The third-order valence-electron chi connectivity index (χ3n) is 4.06. The topological polar surface area (TPSA) is 107 Å². The van der Waals surface area contributed by atoms with Crippen molar-refractivity contribution in [1.82, 2.24) is 4.31 Å². The van der Waals surface area contributed by atoms with Crippen molar-refractivity contribution >= 4 is 43.2 Å². The average Bonchev–Trinajstić information content (AvgIpc) is 2.65. The second-order valence-corrected chi connectivity index (χ2v) is 10.5. The van der Waals surface area contributed by atoms with E-state index in [0.29, 0.717) is 17.1 Å². The number of para-hydroxylation sites is 1. The van der Waals surface area contributed by atoms with Crippen LogP contribution in [0.15, 0.2) is 54.6 Å². The highest BCUT2D eigenvalue weighted by atomic mass is 32.2. The molecule has 1 N–H and O–H groups in total. The molecule has 0 aliphatic carbocycles. The van der Waals surface area contributed by atoms with Crippen LogP contribution in [0.1, 0.15) is 0 Å². The zero-order chi connectivity index (χ0) is 21.8. The van der Waals surface area contributed by atoms with Gasteiger partial charge < -0.3 is 5.32 Å². The molecule has 0 heterocycles. The highest BCUT2D eigenvalue weighted by molar-refractivity contribution is 7.92. The zero-order valence-electron chi connectivity index (χ0n) is 16.6. The summed E-state index contributed by atoms with van der Waals surface area (Å²) >= 11 is 0. The van der Waals surface area contributed by atoms with Crippen LogP contribution in [0.4, 0.5) is 17.1 Å². The van der Waals surface area contributed by atoms with Gasteiger partial charge in [0.05, 0.1) is 17.6 Å². The summed E-state index contributed by atoms with van der Waals surface area (Å²) in [7, 11) is -3.19. The number of rotatable bonds is 8. The third kappa shape index (κ3) is 5.68. The minimum atomic E-state index is -3.90. The summed E-state index contributed by atoms with van der Waals surface area (Å²) in [5.41, 5.74) is 1.06. The van der Waals surface area contributed by atoms with Crippen LogP contribution in [0.2, 0.25) is 0 Å². The van der Waals surface area contributed by atoms with Gasteiger partial charge >= 0.3 is 10.2 Å². The lowest BCUT2D eigenvalue weighted by Gasteiger charge is -2.27. The lowest BCUT2D eigenvalue weighted by molar-refractivity contribution is -0.114. The summed E-state index contributed by atoms with van der Waals surface area (Å²) in [6.07, 6.45) is 1.07. The number of amides is 1. The molecular weight excluding hydrogens is 416 g/mol. The Hall–Kier alpha value is -2.63. The van der Waals surface area contributed by atoms with Gasteiger partial charge in [-0.25, -0.2) is 12.7 Å². The Morgan fingerprint density at radius 2 is 1.48 bits per heavy atom. The van der Waals surface area contributed by atoms with E-state index in [0.717, 1.165) is 19.2 Å². The van der Waals surface area contributed by atoms with E-state index in [2.05, 4.69) is 5.32 Å². The Balaban J connectivity index is 2.26. The maximum Gasteiger partial charge on any atom is 0.304 e. The molecule has 0 aliphatic heterocycles. The Morgan fingerprint density at radius 3 is 2.03 bits per heavy atom. The van der Waals surface area contributed by atoms with Gasteiger partial charge in [0.15, 0.2) is 0 Å². The molecule has 2 rings (SSSR count). The molecular formula is C18H24N4O5S2. The minimum absolute atomic E-state index is 0.346. The first-order valence-electron chi connectivity index (χ1n) is 8.52. The second-order valence-electron chi connectivity index (χ2n) is 6.46. The van der Waals surface area contributed by atoms with Gasteiger partial charge in [-0.2, -0.15) is 12.7 Å². The molecule has 2 aromatic rings. The van der Waals surface area contributed by atoms with E-state index in [1.165, 1.54) is 27.2 Å². The molecule has 0 bridgehead atoms. The summed E-state index contributed by atoms with van der Waals surface area (Å²) in [5.74, 6) is -0.571.